The highest BCUT2D eigenvalue weighted by molar-refractivity contribution is 5.63. The molecule has 112 valence electrons. The molecule has 0 saturated carbocycles. The molecule has 1 aromatic heterocycles. The van der Waals surface area contributed by atoms with E-state index >= 15 is 0 Å². The number of H-pyrrole nitrogens is 1. The average molecular weight is 301 g/mol. The number of aromatic amines is 1. The van der Waals surface area contributed by atoms with E-state index in [1.54, 1.807) is 6.92 Å². The summed E-state index contributed by atoms with van der Waals surface area (Å²) in [5.41, 5.74) is 3.43. The lowest BCUT2D eigenvalue weighted by Crippen LogP contribution is -2.19. The Hall–Kier alpha value is -2.38. The molecule has 0 atom stereocenters. The van der Waals surface area contributed by atoms with Crippen molar-refractivity contribution in [2.75, 3.05) is 5.73 Å². The molecule has 0 aliphatic heterocycles. The molecular weight excluding hydrogens is 290 g/mol. The zero-order valence-electron chi connectivity index (χ0n) is 10.9. The highest BCUT2D eigenvalue weighted by atomic mass is 19.4. The molecule has 2 rings (SSSR count). The van der Waals surface area contributed by atoms with Crippen LogP contribution in [0.5, 0.6) is 0 Å². The van der Waals surface area contributed by atoms with Crippen molar-refractivity contribution in [2.45, 2.75) is 19.5 Å². The fourth-order valence-electron chi connectivity index (χ4n) is 1.94. The van der Waals surface area contributed by atoms with Crippen molar-refractivity contribution in [3.8, 4) is 11.4 Å². The Labute approximate surface area is 116 Å². The number of halogens is 4. The number of hydrogen-bond donors (Lipinski definition) is 2. The molecule has 0 saturated heterocycles. The minimum Gasteiger partial charge on any atom is -0.383 e. The van der Waals surface area contributed by atoms with Gasteiger partial charge in [-0.05, 0) is 24.6 Å². The van der Waals surface area contributed by atoms with E-state index in [0.717, 1.165) is 0 Å². The third-order valence-electron chi connectivity index (χ3n) is 2.94. The summed E-state index contributed by atoms with van der Waals surface area (Å²) in [6.07, 6.45) is -4.43. The maximum Gasteiger partial charge on any atom is 0.417 e. The zero-order chi connectivity index (χ0) is 15.8. The molecule has 0 unspecified atom stereocenters. The molecule has 1 aromatic carbocycles. The van der Waals surface area contributed by atoms with Crippen LogP contribution in [0, 0.1) is 5.82 Å². The molecule has 0 fully saturated rings. The number of nitrogen functional groups attached to an aromatic ring is 1. The lowest BCUT2D eigenvalue weighted by molar-refractivity contribution is -0.137. The highest BCUT2D eigenvalue weighted by Gasteiger charge is 2.34. The molecule has 3 N–H and O–H groups in total. The Morgan fingerprint density at radius 3 is 2.52 bits per heavy atom. The third-order valence-corrected chi connectivity index (χ3v) is 2.94. The van der Waals surface area contributed by atoms with Crippen molar-refractivity contribution in [3.05, 3.63) is 45.5 Å². The predicted molar refractivity (Wildman–Crippen MR) is 69.0 cm³/mol. The number of hydrogen-bond acceptors (Lipinski definition) is 3. The van der Waals surface area contributed by atoms with E-state index in [9.17, 15) is 22.4 Å². The lowest BCUT2D eigenvalue weighted by atomic mass is 10.1. The molecule has 4 nitrogen and oxygen atoms in total. The number of nitrogens with zero attached hydrogens (tertiary/aromatic N) is 1. The van der Waals surface area contributed by atoms with Crippen LogP contribution in [0.15, 0.2) is 23.0 Å². The van der Waals surface area contributed by atoms with Crippen LogP contribution in [0.2, 0.25) is 0 Å². The second kappa shape index (κ2) is 5.19. The normalized spacial score (nSPS) is 11.7. The summed E-state index contributed by atoms with van der Waals surface area (Å²) >= 11 is 0. The maximum atomic E-state index is 13.2. The molecule has 0 aliphatic carbocycles. The maximum absolute atomic E-state index is 13.2. The van der Waals surface area contributed by atoms with Crippen LogP contribution < -0.4 is 11.3 Å². The Morgan fingerprint density at radius 2 is 2.00 bits per heavy atom. The Morgan fingerprint density at radius 1 is 1.33 bits per heavy atom. The molecule has 0 amide bonds. The monoisotopic (exact) mass is 301 g/mol. The molecule has 0 radical (unpaired) electrons. The van der Waals surface area contributed by atoms with Crippen LogP contribution in [-0.2, 0) is 12.6 Å². The predicted octanol–water partition coefficient (Wildman–Crippen LogP) is 2.74. The van der Waals surface area contributed by atoms with E-state index in [1.165, 1.54) is 0 Å². The fraction of sp³-hybridized carbons (Fsp3) is 0.231. The smallest absolute Gasteiger partial charge is 0.383 e. The van der Waals surface area contributed by atoms with Gasteiger partial charge in [0.25, 0.3) is 5.56 Å². The van der Waals surface area contributed by atoms with Gasteiger partial charge in [-0.15, -0.1) is 0 Å². The molecule has 0 bridgehead atoms. The standard InChI is InChI=1S/C13H11F4N3O/c1-2-7-10(18)19-11(20-12(7)21)8-5-6(14)3-4-9(8)13(15,16)17/h3-5H,2H2,1H3,(H3,18,19,20,21). The number of alkyl halides is 3. The summed E-state index contributed by atoms with van der Waals surface area (Å²) < 4.78 is 52.1. The van der Waals surface area contributed by atoms with E-state index in [2.05, 4.69) is 9.97 Å². The summed E-state index contributed by atoms with van der Waals surface area (Å²) in [4.78, 5) is 17.7. The molecule has 0 aliphatic rings. The van der Waals surface area contributed by atoms with Crippen LogP contribution in [0.3, 0.4) is 0 Å². The Bertz CT molecular complexity index is 737. The second-order valence-electron chi connectivity index (χ2n) is 4.32. The number of aromatic nitrogens is 2. The van der Waals surface area contributed by atoms with Crippen LogP contribution in [0.1, 0.15) is 18.1 Å². The molecule has 1 heterocycles. The van der Waals surface area contributed by atoms with E-state index in [0.29, 0.717) is 18.2 Å². The largest absolute Gasteiger partial charge is 0.417 e. The molecule has 8 heteroatoms. The quantitative estimate of drug-likeness (QED) is 0.838. The minimum absolute atomic E-state index is 0.170. The van der Waals surface area contributed by atoms with E-state index in [1.807, 2.05) is 0 Å². The van der Waals surface area contributed by atoms with Crippen LogP contribution in [-0.4, -0.2) is 9.97 Å². The van der Waals surface area contributed by atoms with Gasteiger partial charge in [0, 0.05) is 5.56 Å². The zero-order valence-corrected chi connectivity index (χ0v) is 10.9. The fourth-order valence-corrected chi connectivity index (χ4v) is 1.94. The van der Waals surface area contributed by atoms with E-state index in [-0.39, 0.29) is 17.8 Å². The first-order valence-corrected chi connectivity index (χ1v) is 5.99. The topological polar surface area (TPSA) is 71.8 Å². The van der Waals surface area contributed by atoms with Crippen LogP contribution >= 0.6 is 0 Å². The van der Waals surface area contributed by atoms with Gasteiger partial charge in [-0.1, -0.05) is 6.92 Å². The number of rotatable bonds is 2. The number of nitrogens with two attached hydrogens (primary N) is 1. The summed E-state index contributed by atoms with van der Waals surface area (Å²) in [5.74, 6) is -1.46. The first-order valence-electron chi connectivity index (χ1n) is 5.99. The van der Waals surface area contributed by atoms with Gasteiger partial charge >= 0.3 is 6.18 Å². The first kappa shape index (κ1) is 15.0. The van der Waals surface area contributed by atoms with Gasteiger partial charge in [-0.25, -0.2) is 9.37 Å². The Kier molecular flexibility index (Phi) is 3.71. The summed E-state index contributed by atoms with van der Waals surface area (Å²) in [6.45, 7) is 1.66. The van der Waals surface area contributed by atoms with Crippen molar-refractivity contribution < 1.29 is 17.6 Å². The van der Waals surface area contributed by atoms with Gasteiger partial charge < -0.3 is 10.7 Å². The van der Waals surface area contributed by atoms with Crippen molar-refractivity contribution >= 4 is 5.82 Å². The Balaban J connectivity index is 2.73. The van der Waals surface area contributed by atoms with Gasteiger partial charge in [-0.2, -0.15) is 13.2 Å². The number of anilines is 1. The summed E-state index contributed by atoms with van der Waals surface area (Å²) in [6, 6.07) is 1.94. The number of benzene rings is 1. The van der Waals surface area contributed by atoms with E-state index < -0.39 is 34.5 Å². The van der Waals surface area contributed by atoms with E-state index in [4.69, 9.17) is 5.73 Å². The number of nitrogens with one attached hydrogen (secondary N) is 1. The second-order valence-corrected chi connectivity index (χ2v) is 4.32. The highest BCUT2D eigenvalue weighted by Crippen LogP contribution is 2.36. The van der Waals surface area contributed by atoms with Crippen molar-refractivity contribution in [3.63, 3.8) is 0 Å². The summed E-state index contributed by atoms with van der Waals surface area (Å²) in [7, 11) is 0. The van der Waals surface area contributed by atoms with Gasteiger partial charge in [0.05, 0.1) is 11.1 Å². The van der Waals surface area contributed by atoms with Gasteiger partial charge in [0.1, 0.15) is 17.5 Å². The van der Waals surface area contributed by atoms with Crippen LogP contribution in [0.4, 0.5) is 23.4 Å². The van der Waals surface area contributed by atoms with Crippen molar-refractivity contribution in [1.29, 1.82) is 0 Å². The van der Waals surface area contributed by atoms with Gasteiger partial charge in [0.2, 0.25) is 0 Å². The summed E-state index contributed by atoms with van der Waals surface area (Å²) in [5, 5.41) is 0. The molecule has 2 aromatic rings. The molecule has 21 heavy (non-hydrogen) atoms. The van der Waals surface area contributed by atoms with Crippen molar-refractivity contribution in [1.82, 2.24) is 9.97 Å². The SMILES string of the molecule is CCc1c(N)nc(-c2cc(F)ccc2C(F)(F)F)[nH]c1=O. The third kappa shape index (κ3) is 2.88. The molecular formula is C13H11F4N3O. The minimum atomic E-state index is -4.71. The van der Waals surface area contributed by atoms with Crippen LogP contribution in [0.25, 0.3) is 11.4 Å². The first-order chi connectivity index (χ1) is 9.74. The molecule has 0 spiro atoms. The van der Waals surface area contributed by atoms with Crippen molar-refractivity contribution in [2.24, 2.45) is 0 Å². The van der Waals surface area contributed by atoms with Gasteiger partial charge in [-0.3, -0.25) is 4.79 Å². The average Bonchev–Trinajstić information content (AvgIpc) is 2.36. The lowest BCUT2D eigenvalue weighted by Gasteiger charge is -2.13. The van der Waals surface area contributed by atoms with Gasteiger partial charge in [0.15, 0.2) is 0 Å².